The van der Waals surface area contributed by atoms with Crippen LogP contribution in [0.15, 0.2) is 255 Å². The molecule has 10 amide bonds. The summed E-state index contributed by atoms with van der Waals surface area (Å²) in [4.78, 5) is 144. The van der Waals surface area contributed by atoms with E-state index in [0.29, 0.717) is 123 Å². The SMILES string of the molecule is CCNC(=O)Nc1nc2c(-c3cc(OC)ccn3)cc(-n3cnc(C(=O)NC(C)(C)C)c3)cc2[nH]1.CCNC(=O)Nc1nc2c(-c3ccccn3)cc(-c3cc(C)n(C(C)c4ccccn4)c(=O)c3)cc2[nH]1.CCNC(=O)Nc1nc2c(-c3ccccn3)cc(-n3cnc(C(=O)N[C@@H](C)c4ccccc4)c3)cc2[nH]1.CCNC(=O)Nc1nc2c(-n3cccn3)cc(-c3cccc(C#N)c3)cc2[nH]1. The van der Waals surface area contributed by atoms with E-state index in [9.17, 15) is 38.8 Å². The number of urea groups is 4. The molecule has 6 aromatic carbocycles. The second-order valence-electron chi connectivity index (χ2n) is 32.2. The van der Waals surface area contributed by atoms with Crippen molar-refractivity contribution in [3.8, 4) is 84.9 Å². The van der Waals surface area contributed by atoms with Gasteiger partial charge in [0.2, 0.25) is 23.8 Å². The Balaban J connectivity index is 0.000000139. The Morgan fingerprint density at radius 3 is 1.44 bits per heavy atom. The van der Waals surface area contributed by atoms with E-state index in [2.05, 4.69) is 134 Å². The van der Waals surface area contributed by atoms with Crippen LogP contribution in [0.1, 0.15) is 118 Å². The van der Waals surface area contributed by atoms with Crippen molar-refractivity contribution in [1.82, 2.24) is 125 Å². The van der Waals surface area contributed by atoms with E-state index in [1.165, 1.54) is 0 Å². The number of amides is 10. The van der Waals surface area contributed by atoms with Crippen LogP contribution < -0.4 is 63.5 Å². The Hall–Kier alpha value is -18.3. The van der Waals surface area contributed by atoms with Gasteiger partial charge in [0.1, 0.15) is 46.3 Å². The molecule has 38 heteroatoms. The van der Waals surface area contributed by atoms with Crippen LogP contribution >= 0.6 is 0 Å². The fraction of sp³-hybridized carbons (Fsp3) is 0.182. The van der Waals surface area contributed by atoms with Crippen molar-refractivity contribution in [3.63, 3.8) is 0 Å². The number of aryl methyl sites for hydroxylation is 1. The zero-order valence-corrected chi connectivity index (χ0v) is 76.6. The summed E-state index contributed by atoms with van der Waals surface area (Å²) in [6.07, 6.45) is 16.8. The van der Waals surface area contributed by atoms with Gasteiger partial charge in [-0.3, -0.25) is 55.6 Å². The highest BCUT2D eigenvalue weighted by atomic mass is 16.5. The first-order chi connectivity index (χ1) is 66.3. The standard InChI is InChI=1S/C28H27N7O2.C27H26N8O2.C24H28N8O3.C20H17N7O/c1-4-29-28(37)34-27-32-24-15-20(14-21(26(24)33-27)23-10-6-8-12-31-23)19-13-17(2)35(25(36)16-19)18(3)22-9-5-7-11-30-22;1-3-28-27(37)34-26-32-22-14-19(13-20(24(22)33-26)21-11-7-8-12-29-21)35-15-23(30-16-35)25(36)31-17(2)18-9-5-4-6-10-18;1-6-25-23(34)30-22-28-18-10-14(32-12-19(27-13-32)21(33)31-24(2,3)4)9-16(20(18)29-22)17-11-15(35-5)7-8-26-17;1-2-22-20(28)26-19-24-16-10-15(14-6-3-5-13(9-14)12-21)11-17(18(16)25-19)27-8-4-7-23-27/h5-16,18H,4H2,1-3H3,(H3,29,32,33,34,37);4-17H,3H2,1-2H3,(H,31,36)(H3,28,32,33,34,37);7-13H,6H2,1-5H3,(H,31,33)(H3,25,28,29,30,34);3-11H,2H2,1H3,(H3,22,24,25,26,28)/t;17-;;/m.0../s1. The predicted octanol–water partition coefficient (Wildman–Crippen LogP) is 16.3. The lowest BCUT2D eigenvalue weighted by Crippen LogP contribution is -2.40. The van der Waals surface area contributed by atoms with Gasteiger partial charge in [-0.25, -0.2) is 53.8 Å². The van der Waals surface area contributed by atoms with Crippen LogP contribution in [-0.2, 0) is 0 Å². The van der Waals surface area contributed by atoms with Crippen molar-refractivity contribution < 1.29 is 33.5 Å². The summed E-state index contributed by atoms with van der Waals surface area (Å²) < 4.78 is 12.3. The number of carbonyl (C=O) groups is 6. The number of pyridine rings is 5. The summed E-state index contributed by atoms with van der Waals surface area (Å²) in [7, 11) is 1.59. The second-order valence-corrected chi connectivity index (χ2v) is 32.2. The minimum Gasteiger partial charge on any atom is -0.497 e. The third-order valence-corrected chi connectivity index (χ3v) is 21.2. The summed E-state index contributed by atoms with van der Waals surface area (Å²) in [6.45, 7) is 20.9. The number of aromatic amines is 4. The Labute approximate surface area is 784 Å². The number of nitrogens with one attached hydrogen (secondary N) is 14. The Kier molecular flexibility index (Phi) is 28.8. The molecule has 0 bridgehead atoms. The number of nitrogens with zero attached hydrogens (tertiary/aromatic N) is 16. The number of methoxy groups -OCH3 is 1. The zero-order chi connectivity index (χ0) is 96.4. The minimum atomic E-state index is -0.381. The molecular weight excluding hydrogens is 1740 g/mol. The summed E-state index contributed by atoms with van der Waals surface area (Å²) in [5.74, 6) is 1.40. The zero-order valence-electron chi connectivity index (χ0n) is 76.6. The second kappa shape index (κ2) is 42.3. The van der Waals surface area contributed by atoms with Crippen LogP contribution in [0, 0.1) is 18.3 Å². The van der Waals surface area contributed by atoms with Crippen LogP contribution in [0.4, 0.5) is 43.0 Å². The number of nitriles is 1. The molecule has 12 heterocycles. The van der Waals surface area contributed by atoms with E-state index in [-0.39, 0.29) is 59.1 Å². The number of imidazole rings is 6. The van der Waals surface area contributed by atoms with Gasteiger partial charge in [0.25, 0.3) is 17.4 Å². The van der Waals surface area contributed by atoms with Crippen LogP contribution in [0.3, 0.4) is 0 Å². The Bertz CT molecular complexity index is 7500. The van der Waals surface area contributed by atoms with Gasteiger partial charge in [-0.1, -0.05) is 60.7 Å². The highest BCUT2D eigenvalue weighted by Crippen LogP contribution is 2.38. The van der Waals surface area contributed by atoms with Gasteiger partial charge in [0.05, 0.1) is 86.9 Å². The normalized spacial score (nSPS) is 11.4. The van der Waals surface area contributed by atoms with Crippen LogP contribution in [0.2, 0.25) is 0 Å². The van der Waals surface area contributed by atoms with Crippen molar-refractivity contribution in [3.05, 3.63) is 295 Å². The van der Waals surface area contributed by atoms with E-state index in [1.54, 1.807) is 106 Å². The minimum absolute atomic E-state index is 0.115. The molecule has 137 heavy (non-hydrogen) atoms. The average molecular weight is 1840 g/mol. The first kappa shape index (κ1) is 93.4. The maximum absolute atomic E-state index is 13.3. The van der Waals surface area contributed by atoms with Crippen molar-refractivity contribution in [1.29, 1.82) is 5.26 Å². The first-order valence-electron chi connectivity index (χ1n) is 43.9. The van der Waals surface area contributed by atoms with E-state index in [4.69, 9.17) is 4.74 Å². The van der Waals surface area contributed by atoms with Gasteiger partial charge in [0, 0.05) is 127 Å². The number of aromatic nitrogens is 19. The summed E-state index contributed by atoms with van der Waals surface area (Å²) >= 11 is 0. The highest BCUT2D eigenvalue weighted by Gasteiger charge is 2.25. The third kappa shape index (κ3) is 22.7. The van der Waals surface area contributed by atoms with Gasteiger partial charge in [-0.15, -0.1) is 0 Å². The van der Waals surface area contributed by atoms with Gasteiger partial charge in [-0.2, -0.15) is 10.4 Å². The number of rotatable bonds is 23. The number of carbonyl (C=O) groups excluding carboxylic acids is 6. The van der Waals surface area contributed by atoms with Crippen LogP contribution in [-0.4, -0.2) is 168 Å². The smallest absolute Gasteiger partial charge is 0.321 e. The average Bonchev–Trinajstić information content (AvgIpc) is 1.56. The third-order valence-electron chi connectivity index (χ3n) is 21.2. The lowest BCUT2D eigenvalue weighted by molar-refractivity contribution is 0.0911. The van der Waals surface area contributed by atoms with Gasteiger partial charge < -0.3 is 70.3 Å². The number of hydrogen-bond donors (Lipinski definition) is 14. The molecule has 0 aliphatic heterocycles. The molecular formula is C99H98N30O8. The monoisotopic (exact) mass is 1830 g/mol. The van der Waals surface area contributed by atoms with E-state index < -0.39 is 0 Å². The fourth-order valence-electron chi connectivity index (χ4n) is 15.0. The topological polar surface area (TPSA) is 497 Å². The van der Waals surface area contributed by atoms with Crippen molar-refractivity contribution in [2.24, 2.45) is 0 Å². The van der Waals surface area contributed by atoms with Crippen LogP contribution in [0.5, 0.6) is 5.75 Å². The number of fused-ring (bicyclic) bond motifs is 4. The molecule has 692 valence electrons. The molecule has 0 aliphatic rings. The molecule has 18 rings (SSSR count). The highest BCUT2D eigenvalue weighted by molar-refractivity contribution is 6.02. The number of benzene rings is 6. The fourth-order valence-corrected chi connectivity index (χ4v) is 15.0. The maximum atomic E-state index is 13.3. The van der Waals surface area contributed by atoms with Crippen molar-refractivity contribution >= 4 is 104 Å². The summed E-state index contributed by atoms with van der Waals surface area (Å²) in [6, 6.07) is 58.9. The van der Waals surface area contributed by atoms with Crippen molar-refractivity contribution in [2.75, 3.05) is 54.6 Å². The number of ether oxygens (including phenoxy) is 1. The Morgan fingerprint density at radius 1 is 0.467 bits per heavy atom. The summed E-state index contributed by atoms with van der Waals surface area (Å²) in [5, 5.41) is 41.0. The van der Waals surface area contributed by atoms with E-state index in [1.807, 2.05) is 239 Å². The van der Waals surface area contributed by atoms with Crippen molar-refractivity contribution in [2.45, 2.75) is 86.9 Å². The molecule has 1 unspecified atom stereocenters. The maximum Gasteiger partial charge on any atom is 0.321 e. The van der Waals surface area contributed by atoms with E-state index >= 15 is 0 Å². The number of anilines is 4. The molecule has 12 aromatic heterocycles. The molecule has 0 fully saturated rings. The molecule has 14 N–H and O–H groups in total. The molecule has 2 atom stereocenters. The largest absolute Gasteiger partial charge is 0.497 e. The Morgan fingerprint density at radius 2 is 0.949 bits per heavy atom. The molecule has 0 aliphatic carbocycles. The van der Waals surface area contributed by atoms with Gasteiger partial charge in [0.15, 0.2) is 0 Å². The molecule has 38 nitrogen and oxygen atoms in total. The lowest BCUT2D eigenvalue weighted by Gasteiger charge is -2.19. The molecule has 18 aromatic rings. The predicted molar refractivity (Wildman–Crippen MR) is 525 cm³/mol. The molecule has 0 radical (unpaired) electrons. The number of H-pyrrole nitrogens is 4. The molecule has 0 saturated heterocycles. The lowest BCUT2D eigenvalue weighted by atomic mass is 9.99. The van der Waals surface area contributed by atoms with Crippen LogP contribution in [0.25, 0.3) is 117 Å². The molecule has 0 saturated carbocycles. The first-order valence-corrected chi connectivity index (χ1v) is 43.9. The quantitative estimate of drug-likeness (QED) is 0.0283. The van der Waals surface area contributed by atoms with Gasteiger partial charge >= 0.3 is 24.1 Å². The summed E-state index contributed by atoms with van der Waals surface area (Å²) in [5.41, 5.74) is 18.8. The molecule has 0 spiro atoms. The van der Waals surface area contributed by atoms with E-state index in [0.717, 1.165) is 84.3 Å². The van der Waals surface area contributed by atoms with Gasteiger partial charge in [-0.05, 0) is 212 Å². The number of hydrogen-bond acceptors (Lipinski definition) is 20.